The Labute approximate surface area is 100.0 Å². The highest BCUT2D eigenvalue weighted by Gasteiger charge is 2.28. The molecule has 0 aliphatic rings. The molecule has 2 aromatic rings. The fraction of sp³-hybridized carbons (Fsp3) is 0.182. The molecule has 1 aromatic heterocycles. The third kappa shape index (κ3) is 2.79. The molecule has 0 unspecified atom stereocenters. The quantitative estimate of drug-likeness (QED) is 0.820. The highest BCUT2D eigenvalue weighted by Crippen LogP contribution is 2.29. The molecular formula is C11H7ClF3NO. The van der Waals surface area contributed by atoms with Gasteiger partial charge in [-0.1, -0.05) is 23.7 Å². The molecule has 0 amide bonds. The number of hydrogen-bond acceptors (Lipinski definition) is 2. The van der Waals surface area contributed by atoms with Crippen molar-refractivity contribution in [2.45, 2.75) is 6.18 Å². The number of fused-ring (bicyclic) bond motifs is 1. The van der Waals surface area contributed by atoms with Gasteiger partial charge in [0.05, 0.1) is 5.02 Å². The van der Waals surface area contributed by atoms with Gasteiger partial charge in [0, 0.05) is 11.6 Å². The number of nitrogens with zero attached hydrogens (tertiary/aromatic N) is 1. The van der Waals surface area contributed by atoms with Crippen molar-refractivity contribution in [1.29, 1.82) is 0 Å². The summed E-state index contributed by atoms with van der Waals surface area (Å²) in [7, 11) is 0. The smallest absolute Gasteiger partial charge is 0.422 e. The van der Waals surface area contributed by atoms with Crippen LogP contribution in [0.15, 0.2) is 30.5 Å². The molecule has 0 aliphatic heterocycles. The van der Waals surface area contributed by atoms with Crippen LogP contribution in [0.25, 0.3) is 10.9 Å². The number of rotatable bonds is 2. The second-order valence-corrected chi connectivity index (χ2v) is 3.76. The lowest BCUT2D eigenvalue weighted by Crippen LogP contribution is -2.19. The maximum atomic E-state index is 12.0. The van der Waals surface area contributed by atoms with Crippen molar-refractivity contribution in [2.75, 3.05) is 6.61 Å². The number of halogens is 4. The van der Waals surface area contributed by atoms with E-state index >= 15 is 0 Å². The third-order valence-electron chi connectivity index (χ3n) is 2.07. The van der Waals surface area contributed by atoms with Crippen LogP contribution in [-0.4, -0.2) is 17.8 Å². The van der Waals surface area contributed by atoms with Crippen molar-refractivity contribution in [3.63, 3.8) is 0 Å². The van der Waals surface area contributed by atoms with E-state index in [0.717, 1.165) is 0 Å². The van der Waals surface area contributed by atoms with Crippen LogP contribution in [0.5, 0.6) is 5.75 Å². The topological polar surface area (TPSA) is 22.1 Å². The molecule has 0 bridgehead atoms. The number of benzene rings is 1. The second-order valence-electron chi connectivity index (χ2n) is 3.35. The molecule has 6 heteroatoms. The Morgan fingerprint density at radius 2 is 2.00 bits per heavy atom. The first-order valence-electron chi connectivity index (χ1n) is 4.70. The minimum atomic E-state index is -4.37. The molecule has 0 atom stereocenters. The van der Waals surface area contributed by atoms with Crippen LogP contribution in [0.2, 0.25) is 5.02 Å². The summed E-state index contributed by atoms with van der Waals surface area (Å²) in [5, 5.41) is 0.987. The number of para-hydroxylation sites is 1. The summed E-state index contributed by atoms with van der Waals surface area (Å²) in [6.07, 6.45) is -2.95. The zero-order chi connectivity index (χ0) is 12.5. The lowest BCUT2D eigenvalue weighted by atomic mass is 10.2. The van der Waals surface area contributed by atoms with E-state index in [1.807, 2.05) is 0 Å². The van der Waals surface area contributed by atoms with E-state index in [4.69, 9.17) is 16.3 Å². The molecule has 2 nitrogen and oxygen atoms in total. The molecular weight excluding hydrogens is 255 g/mol. The lowest BCUT2D eigenvalue weighted by Gasteiger charge is -2.10. The standard InChI is InChI=1S/C11H7ClF3NO/c12-8-4-5-16-10-7(8)2-1-3-9(10)17-6-11(13,14)15/h1-5H,6H2. The molecule has 17 heavy (non-hydrogen) atoms. The highest BCUT2D eigenvalue weighted by atomic mass is 35.5. The number of aromatic nitrogens is 1. The number of pyridine rings is 1. The van der Waals surface area contributed by atoms with Crippen LogP contribution >= 0.6 is 11.6 Å². The van der Waals surface area contributed by atoms with Crippen molar-refractivity contribution < 1.29 is 17.9 Å². The zero-order valence-corrected chi connectivity index (χ0v) is 9.22. The van der Waals surface area contributed by atoms with Crippen LogP contribution in [0.3, 0.4) is 0 Å². The molecule has 0 fully saturated rings. The van der Waals surface area contributed by atoms with Gasteiger partial charge in [0.25, 0.3) is 0 Å². The van der Waals surface area contributed by atoms with Gasteiger partial charge in [-0.2, -0.15) is 13.2 Å². The van der Waals surface area contributed by atoms with Gasteiger partial charge in [-0.25, -0.2) is 0 Å². The predicted molar refractivity (Wildman–Crippen MR) is 58.3 cm³/mol. The van der Waals surface area contributed by atoms with Crippen LogP contribution in [-0.2, 0) is 0 Å². The molecule has 0 radical (unpaired) electrons. The van der Waals surface area contributed by atoms with E-state index < -0.39 is 12.8 Å². The van der Waals surface area contributed by atoms with Gasteiger partial charge in [0.15, 0.2) is 6.61 Å². The van der Waals surface area contributed by atoms with Gasteiger partial charge in [0.1, 0.15) is 11.3 Å². The molecule has 1 aromatic carbocycles. The SMILES string of the molecule is FC(F)(F)COc1cccc2c(Cl)ccnc12. The zero-order valence-electron chi connectivity index (χ0n) is 8.46. The Bertz CT molecular complexity index is 542. The van der Waals surface area contributed by atoms with E-state index in [9.17, 15) is 13.2 Å². The van der Waals surface area contributed by atoms with Crippen LogP contribution in [0.1, 0.15) is 0 Å². The summed E-state index contributed by atoms with van der Waals surface area (Å²) >= 11 is 5.90. The van der Waals surface area contributed by atoms with Crippen molar-refractivity contribution in [2.24, 2.45) is 0 Å². The molecule has 0 N–H and O–H groups in total. The van der Waals surface area contributed by atoms with Gasteiger partial charge < -0.3 is 4.74 Å². The molecule has 2 rings (SSSR count). The van der Waals surface area contributed by atoms with Crippen molar-refractivity contribution >= 4 is 22.5 Å². The third-order valence-corrected chi connectivity index (χ3v) is 2.40. The number of ether oxygens (including phenoxy) is 1. The summed E-state index contributed by atoms with van der Waals surface area (Å²) < 4.78 is 40.8. The average Bonchev–Trinajstić information content (AvgIpc) is 2.26. The Hall–Kier alpha value is -1.49. The van der Waals surface area contributed by atoms with Crippen molar-refractivity contribution in [3.05, 3.63) is 35.5 Å². The molecule has 0 aliphatic carbocycles. The normalized spacial score (nSPS) is 11.8. The van der Waals surface area contributed by atoms with Crippen LogP contribution < -0.4 is 4.74 Å². The Balaban J connectivity index is 2.38. The Morgan fingerprint density at radius 1 is 1.24 bits per heavy atom. The highest BCUT2D eigenvalue weighted by molar-refractivity contribution is 6.35. The lowest BCUT2D eigenvalue weighted by molar-refractivity contribution is -0.153. The minimum absolute atomic E-state index is 0.0716. The van der Waals surface area contributed by atoms with Crippen molar-refractivity contribution in [1.82, 2.24) is 4.98 Å². The molecule has 0 saturated carbocycles. The van der Waals surface area contributed by atoms with E-state index in [1.165, 1.54) is 12.3 Å². The summed E-state index contributed by atoms with van der Waals surface area (Å²) in [5.41, 5.74) is 0.323. The molecule has 90 valence electrons. The largest absolute Gasteiger partial charge is 0.482 e. The fourth-order valence-electron chi connectivity index (χ4n) is 1.39. The van der Waals surface area contributed by atoms with Crippen LogP contribution in [0, 0.1) is 0 Å². The number of hydrogen-bond donors (Lipinski definition) is 0. The summed E-state index contributed by atoms with van der Waals surface area (Å²) in [6, 6.07) is 6.24. The van der Waals surface area contributed by atoms with Gasteiger partial charge in [-0.15, -0.1) is 0 Å². The van der Waals surface area contributed by atoms with Gasteiger partial charge in [0.2, 0.25) is 0 Å². The van der Waals surface area contributed by atoms with Crippen molar-refractivity contribution in [3.8, 4) is 5.75 Å². The second kappa shape index (κ2) is 4.41. The van der Waals surface area contributed by atoms with Gasteiger partial charge in [-0.3, -0.25) is 4.98 Å². The Kier molecular flexibility index (Phi) is 3.11. The Morgan fingerprint density at radius 3 is 2.71 bits per heavy atom. The predicted octanol–water partition coefficient (Wildman–Crippen LogP) is 3.83. The van der Waals surface area contributed by atoms with E-state index in [1.54, 1.807) is 18.2 Å². The van der Waals surface area contributed by atoms with Gasteiger partial charge in [-0.05, 0) is 12.1 Å². The van der Waals surface area contributed by atoms with E-state index in [-0.39, 0.29) is 5.75 Å². The first-order chi connectivity index (χ1) is 7.97. The van der Waals surface area contributed by atoms with Gasteiger partial charge >= 0.3 is 6.18 Å². The number of alkyl halides is 3. The summed E-state index contributed by atoms with van der Waals surface area (Å²) in [5.74, 6) is 0.0716. The first-order valence-corrected chi connectivity index (χ1v) is 5.08. The maximum absolute atomic E-state index is 12.0. The van der Waals surface area contributed by atoms with E-state index in [0.29, 0.717) is 15.9 Å². The van der Waals surface area contributed by atoms with Crippen LogP contribution in [0.4, 0.5) is 13.2 Å². The molecule has 0 spiro atoms. The fourth-order valence-corrected chi connectivity index (χ4v) is 1.60. The van der Waals surface area contributed by atoms with E-state index in [2.05, 4.69) is 4.98 Å². The molecule has 0 saturated heterocycles. The average molecular weight is 262 g/mol. The molecule has 1 heterocycles. The minimum Gasteiger partial charge on any atom is -0.482 e. The first kappa shape index (κ1) is 12.0. The monoisotopic (exact) mass is 261 g/mol. The summed E-state index contributed by atoms with van der Waals surface area (Å²) in [4.78, 5) is 3.97. The summed E-state index contributed by atoms with van der Waals surface area (Å²) in [6.45, 7) is -1.35. The maximum Gasteiger partial charge on any atom is 0.422 e.